The number of rotatable bonds is 4. The number of fused-ring (bicyclic) bond motifs is 10. The molecule has 0 amide bonds. The molecule has 0 unspecified atom stereocenters. The van der Waals surface area contributed by atoms with Crippen LogP contribution in [0.15, 0.2) is 162 Å². The maximum atomic E-state index is 6.55. The highest BCUT2D eigenvalue weighted by atomic mass is 16.3. The first-order valence-corrected chi connectivity index (χ1v) is 16.9. The van der Waals surface area contributed by atoms with E-state index in [2.05, 4.69) is 164 Å². The van der Waals surface area contributed by atoms with E-state index in [1.807, 2.05) is 12.1 Å². The maximum Gasteiger partial charge on any atom is 0.144 e. The van der Waals surface area contributed by atoms with E-state index in [9.17, 15) is 0 Å². The van der Waals surface area contributed by atoms with Gasteiger partial charge < -0.3 is 9.32 Å². The highest BCUT2D eigenvalue weighted by Crippen LogP contribution is 2.50. The lowest BCUT2D eigenvalue weighted by molar-refractivity contribution is 0.660. The molecule has 0 spiro atoms. The lowest BCUT2D eigenvalue weighted by Crippen LogP contribution is -2.16. The van der Waals surface area contributed by atoms with Gasteiger partial charge in [-0.3, -0.25) is 0 Å². The average Bonchev–Trinajstić information content (AvgIpc) is 3.64. The quantitative estimate of drug-likeness (QED) is 0.182. The van der Waals surface area contributed by atoms with E-state index >= 15 is 0 Å². The minimum Gasteiger partial charge on any atom is -0.455 e. The largest absolute Gasteiger partial charge is 0.455 e. The zero-order valence-electron chi connectivity index (χ0n) is 27.3. The van der Waals surface area contributed by atoms with E-state index in [1.165, 1.54) is 22.3 Å². The lowest BCUT2D eigenvalue weighted by Gasteiger charge is -2.28. The molecule has 0 aliphatic heterocycles. The second-order valence-electron chi connectivity index (χ2n) is 13.6. The van der Waals surface area contributed by atoms with Crippen molar-refractivity contribution in [1.82, 2.24) is 4.98 Å². The van der Waals surface area contributed by atoms with Gasteiger partial charge in [-0.25, -0.2) is 4.98 Å². The summed E-state index contributed by atoms with van der Waals surface area (Å²) in [6, 6.07) is 56.3. The standard InChI is InChI=1S/C46H32N2O/c1-46(2)39-17-9-6-14-33(39)34-25-24-32(28-40(34)46)48(30-12-4-3-5-13-30)31-22-20-29(21-23-31)44-38-27-26-36-35-15-8-11-19-42(35)49-45(36)43(38)37-16-7-10-18-41(37)47-44/h3-28H,1-2H3. The Morgan fingerprint density at radius 1 is 0.510 bits per heavy atom. The summed E-state index contributed by atoms with van der Waals surface area (Å²) in [7, 11) is 0. The minimum absolute atomic E-state index is 0.0811. The number of nitrogens with zero attached hydrogens (tertiary/aromatic N) is 2. The molecule has 0 fully saturated rings. The Hall–Kier alpha value is -6.19. The maximum absolute atomic E-state index is 6.55. The molecular formula is C46H32N2O. The van der Waals surface area contributed by atoms with Crippen molar-refractivity contribution < 1.29 is 4.42 Å². The Morgan fingerprint density at radius 3 is 2.02 bits per heavy atom. The predicted molar refractivity (Wildman–Crippen MR) is 204 cm³/mol. The van der Waals surface area contributed by atoms with Crippen molar-refractivity contribution in [2.24, 2.45) is 0 Å². The van der Waals surface area contributed by atoms with Gasteiger partial charge in [0.2, 0.25) is 0 Å². The van der Waals surface area contributed by atoms with Crippen LogP contribution >= 0.6 is 0 Å². The number of hydrogen-bond donors (Lipinski definition) is 0. The van der Waals surface area contributed by atoms with Crippen molar-refractivity contribution in [2.75, 3.05) is 4.90 Å². The molecule has 0 saturated heterocycles. The average molecular weight is 629 g/mol. The molecule has 3 nitrogen and oxygen atoms in total. The molecule has 2 aromatic heterocycles. The molecule has 49 heavy (non-hydrogen) atoms. The number of benzene rings is 7. The molecule has 10 rings (SSSR count). The van der Waals surface area contributed by atoms with Gasteiger partial charge in [-0.05, 0) is 76.9 Å². The van der Waals surface area contributed by atoms with Gasteiger partial charge in [0.15, 0.2) is 0 Å². The number of anilines is 3. The van der Waals surface area contributed by atoms with E-state index in [0.717, 1.165) is 71.9 Å². The van der Waals surface area contributed by atoms with Gasteiger partial charge in [0, 0.05) is 55.0 Å². The minimum atomic E-state index is -0.0811. The summed E-state index contributed by atoms with van der Waals surface area (Å²) in [6.45, 7) is 4.67. The fourth-order valence-electron chi connectivity index (χ4n) is 8.06. The first-order chi connectivity index (χ1) is 24.1. The zero-order valence-corrected chi connectivity index (χ0v) is 27.3. The number of aromatic nitrogens is 1. The Labute approximate surface area is 284 Å². The van der Waals surface area contributed by atoms with Crippen molar-refractivity contribution in [3.8, 4) is 22.4 Å². The Kier molecular flexibility index (Phi) is 5.92. The van der Waals surface area contributed by atoms with Gasteiger partial charge in [-0.1, -0.05) is 117 Å². The van der Waals surface area contributed by atoms with Gasteiger partial charge in [-0.15, -0.1) is 0 Å². The summed E-state index contributed by atoms with van der Waals surface area (Å²) in [6.07, 6.45) is 0. The van der Waals surface area contributed by atoms with E-state index in [4.69, 9.17) is 9.40 Å². The number of para-hydroxylation sites is 3. The van der Waals surface area contributed by atoms with Crippen molar-refractivity contribution in [3.05, 3.63) is 169 Å². The van der Waals surface area contributed by atoms with Crippen LogP contribution in [0.1, 0.15) is 25.0 Å². The van der Waals surface area contributed by atoms with Gasteiger partial charge in [0.25, 0.3) is 0 Å². The van der Waals surface area contributed by atoms with Crippen LogP contribution in [0.4, 0.5) is 17.1 Å². The molecule has 0 atom stereocenters. The van der Waals surface area contributed by atoms with Crippen LogP contribution < -0.4 is 4.90 Å². The van der Waals surface area contributed by atoms with Gasteiger partial charge in [0.05, 0.1) is 11.2 Å². The Balaban J connectivity index is 1.13. The fraction of sp³-hybridized carbons (Fsp3) is 0.0652. The van der Waals surface area contributed by atoms with Gasteiger partial charge in [-0.2, -0.15) is 0 Å². The molecule has 0 saturated carbocycles. The van der Waals surface area contributed by atoms with Crippen molar-refractivity contribution >= 4 is 60.7 Å². The number of pyridine rings is 1. The Morgan fingerprint density at radius 2 is 1.16 bits per heavy atom. The molecule has 1 aliphatic rings. The van der Waals surface area contributed by atoms with Crippen LogP contribution in [0, 0.1) is 0 Å². The fourth-order valence-corrected chi connectivity index (χ4v) is 8.06. The van der Waals surface area contributed by atoms with Crippen molar-refractivity contribution in [2.45, 2.75) is 19.3 Å². The second kappa shape index (κ2) is 10.4. The summed E-state index contributed by atoms with van der Waals surface area (Å²) in [5, 5.41) is 5.54. The molecule has 232 valence electrons. The number of furan rings is 1. The van der Waals surface area contributed by atoms with Gasteiger partial charge in [0.1, 0.15) is 11.2 Å². The topological polar surface area (TPSA) is 29.3 Å². The predicted octanol–water partition coefficient (Wildman–Crippen LogP) is 12.7. The molecular weight excluding hydrogens is 597 g/mol. The molecule has 0 N–H and O–H groups in total. The normalized spacial score (nSPS) is 13.3. The highest BCUT2D eigenvalue weighted by molar-refractivity contribution is 6.24. The lowest BCUT2D eigenvalue weighted by atomic mass is 9.82. The third-order valence-electron chi connectivity index (χ3n) is 10.4. The third-order valence-corrected chi connectivity index (χ3v) is 10.4. The molecule has 7 aromatic carbocycles. The first kappa shape index (κ1) is 27.9. The summed E-state index contributed by atoms with van der Waals surface area (Å²) >= 11 is 0. The van der Waals surface area contributed by atoms with Crippen LogP contribution in [0.5, 0.6) is 0 Å². The summed E-state index contributed by atoms with van der Waals surface area (Å²) in [4.78, 5) is 7.60. The monoisotopic (exact) mass is 628 g/mol. The van der Waals surface area contributed by atoms with Crippen molar-refractivity contribution in [3.63, 3.8) is 0 Å². The second-order valence-corrected chi connectivity index (χ2v) is 13.6. The SMILES string of the molecule is CC1(C)c2ccccc2-c2ccc(N(c3ccccc3)c3ccc(-c4nc5ccccc5c5c4ccc4c6ccccc6oc45)cc3)cc21. The molecule has 2 heterocycles. The third kappa shape index (κ3) is 4.12. The van der Waals surface area contributed by atoms with E-state index < -0.39 is 0 Å². The van der Waals surface area contributed by atoms with Crippen LogP contribution in [-0.2, 0) is 5.41 Å². The van der Waals surface area contributed by atoms with E-state index in [1.54, 1.807) is 0 Å². The molecule has 1 aliphatic carbocycles. The van der Waals surface area contributed by atoms with Crippen LogP contribution in [0.3, 0.4) is 0 Å². The molecule has 3 heteroatoms. The van der Waals surface area contributed by atoms with Crippen LogP contribution in [0.2, 0.25) is 0 Å². The molecule has 0 bridgehead atoms. The van der Waals surface area contributed by atoms with E-state index in [-0.39, 0.29) is 5.41 Å². The van der Waals surface area contributed by atoms with Crippen molar-refractivity contribution in [1.29, 1.82) is 0 Å². The highest BCUT2D eigenvalue weighted by Gasteiger charge is 2.35. The van der Waals surface area contributed by atoms with Crippen LogP contribution in [0.25, 0.3) is 66.0 Å². The summed E-state index contributed by atoms with van der Waals surface area (Å²) in [5.41, 5.74) is 13.4. The number of hydrogen-bond acceptors (Lipinski definition) is 3. The summed E-state index contributed by atoms with van der Waals surface area (Å²) < 4.78 is 6.55. The van der Waals surface area contributed by atoms with E-state index in [0.29, 0.717) is 0 Å². The van der Waals surface area contributed by atoms with Crippen LogP contribution in [-0.4, -0.2) is 4.98 Å². The smallest absolute Gasteiger partial charge is 0.144 e. The summed E-state index contributed by atoms with van der Waals surface area (Å²) in [5.74, 6) is 0. The zero-order chi connectivity index (χ0) is 32.7. The Bertz CT molecular complexity index is 2740. The molecule has 9 aromatic rings. The first-order valence-electron chi connectivity index (χ1n) is 16.9. The van der Waals surface area contributed by atoms with Gasteiger partial charge >= 0.3 is 0 Å². The molecule has 0 radical (unpaired) electrons.